The fourth-order valence-corrected chi connectivity index (χ4v) is 4.61. The van der Waals surface area contributed by atoms with Crippen LogP contribution in [0.1, 0.15) is 6.42 Å². The first-order chi connectivity index (χ1) is 11.9. The SMILES string of the molecule is CN1CCN(C(=O)N2CCCN(S(=O)(=O)c3cn(C)cn3)CC2)CC1. The number of sulfonamides is 1. The zero-order valence-electron chi connectivity index (χ0n) is 14.8. The van der Waals surface area contributed by atoms with Gasteiger partial charge >= 0.3 is 6.03 Å². The molecule has 0 atom stereocenters. The minimum absolute atomic E-state index is 0.0187. The normalized spacial score (nSPS) is 21.4. The third-order valence-electron chi connectivity index (χ3n) is 4.78. The molecule has 2 aliphatic heterocycles. The molecule has 1 aromatic heterocycles. The number of urea groups is 1. The molecule has 0 spiro atoms. The van der Waals surface area contributed by atoms with E-state index in [4.69, 9.17) is 0 Å². The molecule has 0 N–H and O–H groups in total. The molecule has 0 bridgehead atoms. The van der Waals surface area contributed by atoms with E-state index >= 15 is 0 Å². The number of aromatic nitrogens is 2. The van der Waals surface area contributed by atoms with Gasteiger partial charge in [-0.3, -0.25) is 0 Å². The largest absolute Gasteiger partial charge is 0.339 e. The summed E-state index contributed by atoms with van der Waals surface area (Å²) in [7, 11) is 0.188. The van der Waals surface area contributed by atoms with Crippen LogP contribution in [-0.4, -0.2) is 102 Å². The average Bonchev–Trinajstić information content (AvgIpc) is 2.88. The van der Waals surface area contributed by atoms with E-state index in [0.29, 0.717) is 32.6 Å². The van der Waals surface area contributed by atoms with Gasteiger partial charge in [0, 0.05) is 65.6 Å². The molecule has 2 saturated heterocycles. The topological polar surface area (TPSA) is 82.0 Å². The Balaban J connectivity index is 1.63. The van der Waals surface area contributed by atoms with Crippen molar-refractivity contribution < 1.29 is 13.2 Å². The van der Waals surface area contributed by atoms with Crippen molar-refractivity contribution in [3.8, 4) is 0 Å². The van der Waals surface area contributed by atoms with Crippen molar-refractivity contribution >= 4 is 16.1 Å². The fourth-order valence-electron chi connectivity index (χ4n) is 3.18. The Bertz CT molecular complexity index is 711. The number of rotatable bonds is 2. The summed E-state index contributed by atoms with van der Waals surface area (Å²) in [6.45, 7) is 4.91. The zero-order valence-corrected chi connectivity index (χ0v) is 15.7. The predicted octanol–water partition coefficient (Wildman–Crippen LogP) is -0.516. The molecule has 3 heterocycles. The molecular formula is C15H26N6O3S. The summed E-state index contributed by atoms with van der Waals surface area (Å²) in [5.41, 5.74) is 0. The Morgan fingerprint density at radius 3 is 2.24 bits per heavy atom. The number of nitrogens with zero attached hydrogens (tertiary/aromatic N) is 6. The quantitative estimate of drug-likeness (QED) is 0.700. The average molecular weight is 370 g/mol. The van der Waals surface area contributed by atoms with Gasteiger partial charge in [-0.1, -0.05) is 0 Å². The number of piperazine rings is 1. The number of carbonyl (C=O) groups excluding carboxylic acids is 1. The van der Waals surface area contributed by atoms with Gasteiger partial charge in [-0.05, 0) is 13.5 Å². The van der Waals surface area contributed by atoms with Crippen LogP contribution >= 0.6 is 0 Å². The molecule has 0 radical (unpaired) electrons. The van der Waals surface area contributed by atoms with Gasteiger partial charge in [-0.2, -0.15) is 4.31 Å². The van der Waals surface area contributed by atoms with Gasteiger partial charge in [0.2, 0.25) is 0 Å². The van der Waals surface area contributed by atoms with Crippen molar-refractivity contribution in [2.75, 3.05) is 59.4 Å². The van der Waals surface area contributed by atoms with Gasteiger partial charge in [-0.15, -0.1) is 0 Å². The highest BCUT2D eigenvalue weighted by molar-refractivity contribution is 7.89. The van der Waals surface area contributed by atoms with Crippen molar-refractivity contribution in [2.24, 2.45) is 7.05 Å². The van der Waals surface area contributed by atoms with Gasteiger partial charge in [0.05, 0.1) is 6.33 Å². The second-order valence-corrected chi connectivity index (χ2v) is 8.58. The first-order valence-electron chi connectivity index (χ1n) is 8.58. The summed E-state index contributed by atoms with van der Waals surface area (Å²) in [6, 6.07) is 0.0187. The van der Waals surface area contributed by atoms with Gasteiger partial charge < -0.3 is 19.3 Å². The Hall–Kier alpha value is -1.65. The van der Waals surface area contributed by atoms with E-state index in [0.717, 1.165) is 26.2 Å². The van der Waals surface area contributed by atoms with Gasteiger partial charge in [-0.25, -0.2) is 18.2 Å². The third-order valence-corrected chi connectivity index (χ3v) is 6.57. The molecule has 0 saturated carbocycles. The molecular weight excluding hydrogens is 344 g/mol. The minimum atomic E-state index is -3.60. The van der Waals surface area contributed by atoms with E-state index < -0.39 is 10.0 Å². The summed E-state index contributed by atoms with van der Waals surface area (Å²) in [5, 5.41) is 0.0637. The second kappa shape index (κ2) is 7.30. The van der Waals surface area contributed by atoms with Crippen LogP contribution in [0.5, 0.6) is 0 Å². The van der Waals surface area contributed by atoms with E-state index in [1.807, 2.05) is 11.9 Å². The van der Waals surface area contributed by atoms with Crippen molar-refractivity contribution in [1.82, 2.24) is 28.6 Å². The standard InChI is InChI=1S/C15H26N6O3S/c1-17-6-8-20(9-7-17)15(22)19-4-3-5-21(11-10-19)25(23,24)14-12-18(2)13-16-14/h12-13H,3-11H2,1-2H3. The first-order valence-corrected chi connectivity index (χ1v) is 10.0. The van der Waals surface area contributed by atoms with Gasteiger partial charge in [0.15, 0.2) is 5.03 Å². The van der Waals surface area contributed by atoms with Crippen LogP contribution in [0.25, 0.3) is 0 Å². The van der Waals surface area contributed by atoms with Crippen LogP contribution < -0.4 is 0 Å². The van der Waals surface area contributed by atoms with Crippen LogP contribution in [0.2, 0.25) is 0 Å². The lowest BCUT2D eigenvalue weighted by Gasteiger charge is -2.35. The monoisotopic (exact) mass is 370 g/mol. The Morgan fingerprint density at radius 1 is 0.960 bits per heavy atom. The van der Waals surface area contributed by atoms with Crippen LogP contribution in [-0.2, 0) is 17.1 Å². The third kappa shape index (κ3) is 3.96. The maximum absolute atomic E-state index is 12.7. The van der Waals surface area contributed by atoms with Crippen LogP contribution in [0.15, 0.2) is 17.6 Å². The molecule has 0 aliphatic carbocycles. The van der Waals surface area contributed by atoms with Crippen LogP contribution in [0.3, 0.4) is 0 Å². The number of imidazole rings is 1. The molecule has 2 aliphatic rings. The van der Waals surface area contributed by atoms with Gasteiger partial charge in [0.25, 0.3) is 10.0 Å². The van der Waals surface area contributed by atoms with E-state index in [2.05, 4.69) is 9.88 Å². The van der Waals surface area contributed by atoms with Crippen LogP contribution in [0, 0.1) is 0 Å². The van der Waals surface area contributed by atoms with E-state index in [1.54, 1.807) is 16.5 Å². The number of carbonyl (C=O) groups is 1. The number of aryl methyl sites for hydroxylation is 1. The molecule has 25 heavy (non-hydrogen) atoms. The zero-order chi connectivity index (χ0) is 18.0. The fraction of sp³-hybridized carbons (Fsp3) is 0.733. The number of hydrogen-bond acceptors (Lipinski definition) is 5. The Morgan fingerprint density at radius 2 is 1.60 bits per heavy atom. The molecule has 10 heteroatoms. The van der Waals surface area contributed by atoms with Crippen molar-refractivity contribution in [3.05, 3.63) is 12.5 Å². The lowest BCUT2D eigenvalue weighted by molar-refractivity contribution is 0.124. The Kier molecular flexibility index (Phi) is 5.30. The molecule has 2 amide bonds. The molecule has 0 aromatic carbocycles. The maximum atomic E-state index is 12.7. The highest BCUT2D eigenvalue weighted by Gasteiger charge is 2.31. The molecule has 0 unspecified atom stereocenters. The molecule has 3 rings (SSSR count). The maximum Gasteiger partial charge on any atom is 0.320 e. The molecule has 1 aromatic rings. The van der Waals surface area contributed by atoms with Crippen molar-refractivity contribution in [1.29, 1.82) is 0 Å². The summed E-state index contributed by atoms with van der Waals surface area (Å²) in [5.74, 6) is 0. The molecule has 2 fully saturated rings. The lowest BCUT2D eigenvalue weighted by atomic mass is 10.3. The minimum Gasteiger partial charge on any atom is -0.339 e. The smallest absolute Gasteiger partial charge is 0.320 e. The van der Waals surface area contributed by atoms with Crippen molar-refractivity contribution in [3.63, 3.8) is 0 Å². The Labute approximate surface area is 148 Å². The number of likely N-dealkylation sites (N-methyl/N-ethyl adjacent to an activating group) is 1. The highest BCUT2D eigenvalue weighted by Crippen LogP contribution is 2.16. The molecule has 140 valence electrons. The highest BCUT2D eigenvalue weighted by atomic mass is 32.2. The van der Waals surface area contributed by atoms with Crippen LogP contribution in [0.4, 0.5) is 4.79 Å². The summed E-state index contributed by atoms with van der Waals surface area (Å²) in [4.78, 5) is 22.5. The number of amides is 2. The summed E-state index contributed by atoms with van der Waals surface area (Å²) < 4.78 is 28.5. The summed E-state index contributed by atoms with van der Waals surface area (Å²) >= 11 is 0. The number of hydrogen-bond donors (Lipinski definition) is 0. The van der Waals surface area contributed by atoms with E-state index in [1.165, 1.54) is 16.8 Å². The van der Waals surface area contributed by atoms with E-state index in [-0.39, 0.29) is 11.1 Å². The van der Waals surface area contributed by atoms with E-state index in [9.17, 15) is 13.2 Å². The first kappa shape index (κ1) is 18.2. The van der Waals surface area contributed by atoms with Crippen molar-refractivity contribution in [2.45, 2.75) is 11.4 Å². The predicted molar refractivity (Wildman–Crippen MR) is 92.6 cm³/mol. The molecule has 9 nitrogen and oxygen atoms in total. The lowest BCUT2D eigenvalue weighted by Crippen LogP contribution is -2.52. The second-order valence-electron chi connectivity index (χ2n) is 6.69. The van der Waals surface area contributed by atoms with Gasteiger partial charge in [0.1, 0.15) is 0 Å². The summed E-state index contributed by atoms with van der Waals surface area (Å²) in [6.07, 6.45) is 3.62.